The molecule has 0 aliphatic heterocycles. The van der Waals surface area contributed by atoms with E-state index in [-0.39, 0.29) is 0 Å². The molecule has 10 heavy (non-hydrogen) atoms. The molecule has 0 rings (SSSR count). The van der Waals surface area contributed by atoms with Gasteiger partial charge in [0.1, 0.15) is 0 Å². The lowest BCUT2D eigenvalue weighted by Gasteiger charge is -2.24. The normalized spacial score (nSPS) is 12.6. The van der Waals surface area contributed by atoms with Gasteiger partial charge in [0.2, 0.25) is 0 Å². The van der Waals surface area contributed by atoms with Gasteiger partial charge in [0.25, 0.3) is 0 Å². The molecule has 0 heterocycles. The number of rotatable bonds is 4. The Balaban J connectivity index is 3.63. The Bertz CT molecular complexity index is 93.7. The van der Waals surface area contributed by atoms with Gasteiger partial charge in [-0.25, -0.2) is 0 Å². The van der Waals surface area contributed by atoms with Crippen molar-refractivity contribution in [3.63, 3.8) is 0 Å². The Labute approximate surface area is 66.5 Å². The molecule has 0 aromatic rings. The van der Waals surface area contributed by atoms with Crippen LogP contribution < -0.4 is 0 Å². The fraction of sp³-hybridized carbons (Fsp3) is 1.00. The van der Waals surface area contributed by atoms with E-state index in [0.29, 0.717) is 0 Å². The third-order valence-electron chi connectivity index (χ3n) is 1.01. The van der Waals surface area contributed by atoms with E-state index in [1.165, 1.54) is 0 Å². The molecule has 0 aliphatic rings. The highest BCUT2D eigenvalue weighted by Crippen LogP contribution is 2.07. The predicted molar refractivity (Wildman–Crippen MR) is 49.1 cm³/mol. The average molecular weight is 178 g/mol. The standard InChI is InChI=1S/C6H18O2Si2/c1-6-7-10(4,5)8-9(2)3/h9H,6H2,1-5H3. The van der Waals surface area contributed by atoms with Crippen LogP contribution in [0, 0.1) is 0 Å². The molecule has 0 spiro atoms. The molecule has 2 nitrogen and oxygen atoms in total. The monoisotopic (exact) mass is 178 g/mol. The summed E-state index contributed by atoms with van der Waals surface area (Å²) in [5.74, 6) is 0. The fourth-order valence-electron chi connectivity index (χ4n) is 0.949. The second-order valence-corrected chi connectivity index (χ2v) is 9.13. The van der Waals surface area contributed by atoms with Crippen LogP contribution in [0.1, 0.15) is 6.92 Å². The summed E-state index contributed by atoms with van der Waals surface area (Å²) < 4.78 is 11.2. The minimum Gasteiger partial charge on any atom is -0.439 e. The molecule has 0 atom stereocenters. The van der Waals surface area contributed by atoms with Crippen LogP contribution in [-0.2, 0) is 8.54 Å². The molecule has 4 heteroatoms. The van der Waals surface area contributed by atoms with Crippen molar-refractivity contribution < 1.29 is 8.54 Å². The molecule has 0 aliphatic carbocycles. The van der Waals surface area contributed by atoms with E-state index in [9.17, 15) is 0 Å². The first-order valence-electron chi connectivity index (χ1n) is 3.79. The van der Waals surface area contributed by atoms with Crippen molar-refractivity contribution in [2.24, 2.45) is 0 Å². The molecule has 0 bridgehead atoms. The van der Waals surface area contributed by atoms with E-state index in [2.05, 4.69) is 26.2 Å². The molecule has 0 fully saturated rings. The third kappa shape index (κ3) is 5.16. The van der Waals surface area contributed by atoms with Crippen molar-refractivity contribution in [2.45, 2.75) is 33.1 Å². The van der Waals surface area contributed by atoms with Gasteiger partial charge < -0.3 is 8.54 Å². The summed E-state index contributed by atoms with van der Waals surface area (Å²) in [5, 5.41) is 0. The van der Waals surface area contributed by atoms with Crippen LogP contribution in [0.5, 0.6) is 0 Å². The molecule has 0 amide bonds. The first-order valence-corrected chi connectivity index (χ1v) is 9.39. The molecule has 0 unspecified atom stereocenters. The average Bonchev–Trinajstić information content (AvgIpc) is 1.59. The Morgan fingerprint density at radius 3 is 2.10 bits per heavy atom. The van der Waals surface area contributed by atoms with Crippen molar-refractivity contribution >= 4 is 17.6 Å². The van der Waals surface area contributed by atoms with Gasteiger partial charge in [-0.15, -0.1) is 0 Å². The summed E-state index contributed by atoms with van der Waals surface area (Å²) in [6.45, 7) is 11.3. The number of hydrogen-bond acceptors (Lipinski definition) is 2. The molecular weight excluding hydrogens is 160 g/mol. The lowest BCUT2D eigenvalue weighted by molar-refractivity contribution is 0.265. The molecule has 0 saturated heterocycles. The molecule has 0 saturated carbocycles. The van der Waals surface area contributed by atoms with E-state index in [0.717, 1.165) is 6.61 Å². The van der Waals surface area contributed by atoms with E-state index < -0.39 is 17.6 Å². The van der Waals surface area contributed by atoms with Crippen LogP contribution in [-0.4, -0.2) is 24.2 Å². The summed E-state index contributed by atoms with van der Waals surface area (Å²) in [6, 6.07) is 0. The van der Waals surface area contributed by atoms with Crippen molar-refractivity contribution in [3.8, 4) is 0 Å². The van der Waals surface area contributed by atoms with Crippen LogP contribution in [0.4, 0.5) is 0 Å². The zero-order chi connectivity index (χ0) is 8.20. The van der Waals surface area contributed by atoms with E-state index in [1.807, 2.05) is 6.92 Å². The smallest absolute Gasteiger partial charge is 0.321 e. The quantitative estimate of drug-likeness (QED) is 0.610. The van der Waals surface area contributed by atoms with Crippen LogP contribution in [0.25, 0.3) is 0 Å². The first kappa shape index (κ1) is 10.4. The first-order chi connectivity index (χ1) is 4.48. The Hall–Kier alpha value is 0.354. The minimum absolute atomic E-state index is 0.778. The molecule has 0 N–H and O–H groups in total. The maximum atomic E-state index is 5.73. The maximum absolute atomic E-state index is 5.73. The van der Waals surface area contributed by atoms with Gasteiger partial charge in [-0.05, 0) is 33.1 Å². The molecular formula is C6H18O2Si2. The van der Waals surface area contributed by atoms with Crippen LogP contribution in [0.3, 0.4) is 0 Å². The Morgan fingerprint density at radius 2 is 1.80 bits per heavy atom. The molecule has 0 aromatic carbocycles. The maximum Gasteiger partial charge on any atom is 0.321 e. The highest BCUT2D eigenvalue weighted by Gasteiger charge is 2.24. The van der Waals surface area contributed by atoms with Crippen molar-refractivity contribution in [1.29, 1.82) is 0 Å². The Kier molecular flexibility index (Phi) is 4.43. The van der Waals surface area contributed by atoms with Crippen LogP contribution in [0.2, 0.25) is 26.2 Å². The highest BCUT2D eigenvalue weighted by molar-refractivity contribution is 6.72. The van der Waals surface area contributed by atoms with Crippen LogP contribution >= 0.6 is 0 Å². The second kappa shape index (κ2) is 4.28. The van der Waals surface area contributed by atoms with Crippen molar-refractivity contribution in [2.75, 3.05) is 6.61 Å². The zero-order valence-corrected chi connectivity index (χ0v) is 9.76. The molecule has 0 aromatic heterocycles. The summed E-state index contributed by atoms with van der Waals surface area (Å²) in [4.78, 5) is 0. The van der Waals surface area contributed by atoms with Gasteiger partial charge >= 0.3 is 8.56 Å². The summed E-state index contributed by atoms with van der Waals surface area (Å²) in [6.07, 6.45) is 0. The van der Waals surface area contributed by atoms with Gasteiger partial charge in [-0.3, -0.25) is 0 Å². The van der Waals surface area contributed by atoms with Gasteiger partial charge in [0.05, 0.1) is 0 Å². The zero-order valence-electron chi connectivity index (χ0n) is 7.60. The van der Waals surface area contributed by atoms with Gasteiger partial charge in [-0.1, -0.05) is 0 Å². The predicted octanol–water partition coefficient (Wildman–Crippen LogP) is 1.72. The van der Waals surface area contributed by atoms with Gasteiger partial charge in [-0.2, -0.15) is 0 Å². The SMILES string of the molecule is CCO[Si](C)(C)O[SiH](C)C. The van der Waals surface area contributed by atoms with E-state index in [1.54, 1.807) is 0 Å². The fourth-order valence-corrected chi connectivity index (χ4v) is 6.46. The van der Waals surface area contributed by atoms with E-state index >= 15 is 0 Å². The van der Waals surface area contributed by atoms with Crippen molar-refractivity contribution in [1.82, 2.24) is 0 Å². The second-order valence-electron chi connectivity index (χ2n) is 3.00. The topological polar surface area (TPSA) is 18.5 Å². The highest BCUT2D eigenvalue weighted by atomic mass is 28.4. The summed E-state index contributed by atoms with van der Waals surface area (Å²) >= 11 is 0. The minimum atomic E-state index is -1.70. The largest absolute Gasteiger partial charge is 0.439 e. The van der Waals surface area contributed by atoms with Crippen molar-refractivity contribution in [3.05, 3.63) is 0 Å². The van der Waals surface area contributed by atoms with E-state index in [4.69, 9.17) is 8.54 Å². The summed E-state index contributed by atoms with van der Waals surface area (Å²) in [7, 11) is -2.60. The van der Waals surface area contributed by atoms with Gasteiger partial charge in [0, 0.05) is 6.61 Å². The molecule has 0 radical (unpaired) electrons. The Morgan fingerprint density at radius 1 is 1.30 bits per heavy atom. The number of hydrogen-bond donors (Lipinski definition) is 0. The van der Waals surface area contributed by atoms with Gasteiger partial charge in [0.15, 0.2) is 9.04 Å². The molecule has 62 valence electrons. The lowest BCUT2D eigenvalue weighted by atomic mass is 10.9. The third-order valence-corrected chi connectivity index (χ3v) is 6.15. The summed E-state index contributed by atoms with van der Waals surface area (Å²) in [5.41, 5.74) is 0. The van der Waals surface area contributed by atoms with Crippen LogP contribution in [0.15, 0.2) is 0 Å². The lowest BCUT2D eigenvalue weighted by Crippen LogP contribution is -2.38.